The van der Waals surface area contributed by atoms with Crippen LogP contribution in [-0.4, -0.2) is 19.7 Å². The second-order valence-corrected chi connectivity index (χ2v) is 10.6. The number of nitrogens with zero attached hydrogens (tertiary/aromatic N) is 2. The maximum absolute atomic E-state index is 13.4. The van der Waals surface area contributed by atoms with E-state index in [2.05, 4.69) is 12.1 Å². The van der Waals surface area contributed by atoms with Gasteiger partial charge in [0.1, 0.15) is 0 Å². The molecule has 0 atom stereocenters. The monoisotopic (exact) mass is 478 g/mol. The van der Waals surface area contributed by atoms with Gasteiger partial charge in [-0.05, 0) is 24.1 Å². The molecule has 0 aliphatic rings. The zero-order valence-corrected chi connectivity index (χ0v) is 20.5. The summed E-state index contributed by atoms with van der Waals surface area (Å²) < 4.78 is 28.2. The number of pyridine rings is 1. The lowest BCUT2D eigenvalue weighted by atomic mass is 9.94. The van der Waals surface area contributed by atoms with E-state index < -0.39 is 10.0 Å². The van der Waals surface area contributed by atoms with Gasteiger partial charge < -0.3 is 0 Å². The SMILES string of the molecule is Cc1ccc(-c2nc3ccccc3c(N(Cc3ccccc3)S(C)(=O)=O)c2-c2ccccc2)cc1. The van der Waals surface area contributed by atoms with Crippen LogP contribution in [0, 0.1) is 6.92 Å². The maximum atomic E-state index is 13.4. The van der Waals surface area contributed by atoms with E-state index in [1.165, 1.54) is 10.6 Å². The van der Waals surface area contributed by atoms with Crippen molar-refractivity contribution in [3.63, 3.8) is 0 Å². The third kappa shape index (κ3) is 4.68. The fraction of sp³-hybridized carbons (Fsp3) is 0.100. The van der Waals surface area contributed by atoms with Gasteiger partial charge >= 0.3 is 0 Å². The van der Waals surface area contributed by atoms with Crippen molar-refractivity contribution in [1.82, 2.24) is 4.98 Å². The Bertz CT molecular complexity index is 1580. The van der Waals surface area contributed by atoms with Crippen molar-refractivity contribution in [1.29, 1.82) is 0 Å². The normalized spacial score (nSPS) is 11.5. The van der Waals surface area contributed by atoms with Gasteiger partial charge in [0.15, 0.2) is 0 Å². The number of rotatable bonds is 6. The summed E-state index contributed by atoms with van der Waals surface area (Å²) in [5, 5.41) is 0.795. The topological polar surface area (TPSA) is 50.3 Å². The number of benzene rings is 4. The zero-order valence-electron chi connectivity index (χ0n) is 19.7. The molecule has 0 radical (unpaired) electrons. The first-order valence-electron chi connectivity index (χ1n) is 11.5. The van der Waals surface area contributed by atoms with Crippen molar-refractivity contribution in [2.45, 2.75) is 13.5 Å². The summed E-state index contributed by atoms with van der Waals surface area (Å²) in [4.78, 5) is 5.06. The van der Waals surface area contributed by atoms with Crippen LogP contribution in [0.2, 0.25) is 0 Å². The molecule has 0 aliphatic carbocycles. The van der Waals surface area contributed by atoms with Crippen LogP contribution < -0.4 is 4.31 Å². The smallest absolute Gasteiger partial charge is 0.232 e. The summed E-state index contributed by atoms with van der Waals surface area (Å²) in [6.07, 6.45) is 1.27. The molecular formula is C30H26N2O2S. The Morgan fingerprint density at radius 2 is 1.31 bits per heavy atom. The molecule has 0 amide bonds. The molecule has 0 N–H and O–H groups in total. The van der Waals surface area contributed by atoms with E-state index in [-0.39, 0.29) is 6.54 Å². The van der Waals surface area contributed by atoms with Gasteiger partial charge in [-0.3, -0.25) is 4.31 Å². The number of fused-ring (bicyclic) bond motifs is 1. The Hall–Kier alpha value is -3.96. The molecule has 0 saturated carbocycles. The molecule has 5 aromatic rings. The van der Waals surface area contributed by atoms with E-state index in [1.54, 1.807) is 0 Å². The highest BCUT2D eigenvalue weighted by Crippen LogP contribution is 2.44. The highest BCUT2D eigenvalue weighted by molar-refractivity contribution is 7.92. The summed E-state index contributed by atoms with van der Waals surface area (Å²) in [7, 11) is -3.64. The molecule has 0 saturated heterocycles. The van der Waals surface area contributed by atoms with Crippen LogP contribution in [0.15, 0.2) is 109 Å². The van der Waals surface area contributed by atoms with Gasteiger partial charge in [-0.25, -0.2) is 13.4 Å². The predicted octanol–water partition coefficient (Wildman–Crippen LogP) is 6.84. The van der Waals surface area contributed by atoms with E-state index >= 15 is 0 Å². The zero-order chi connectivity index (χ0) is 24.4. The lowest BCUT2D eigenvalue weighted by Gasteiger charge is -2.28. The van der Waals surface area contributed by atoms with Gasteiger partial charge in [0.2, 0.25) is 10.0 Å². The molecule has 5 rings (SSSR count). The Balaban J connectivity index is 1.90. The first-order chi connectivity index (χ1) is 16.9. The van der Waals surface area contributed by atoms with E-state index in [1.807, 2.05) is 104 Å². The molecule has 174 valence electrons. The van der Waals surface area contributed by atoms with Crippen molar-refractivity contribution < 1.29 is 8.42 Å². The highest BCUT2D eigenvalue weighted by Gasteiger charge is 2.27. The van der Waals surface area contributed by atoms with Crippen LogP contribution in [-0.2, 0) is 16.6 Å². The number of anilines is 1. The van der Waals surface area contributed by atoms with E-state index in [4.69, 9.17) is 4.98 Å². The van der Waals surface area contributed by atoms with Gasteiger partial charge in [0.05, 0.1) is 29.7 Å². The summed E-state index contributed by atoms with van der Waals surface area (Å²) in [5.74, 6) is 0. The molecule has 35 heavy (non-hydrogen) atoms. The number of aryl methyl sites for hydroxylation is 1. The van der Waals surface area contributed by atoms with Crippen LogP contribution >= 0.6 is 0 Å². The number of hydrogen-bond donors (Lipinski definition) is 0. The number of hydrogen-bond acceptors (Lipinski definition) is 3. The van der Waals surface area contributed by atoms with Gasteiger partial charge in [-0.1, -0.05) is 109 Å². The van der Waals surface area contributed by atoms with Gasteiger partial charge in [0.25, 0.3) is 0 Å². The average Bonchev–Trinajstić information content (AvgIpc) is 2.87. The van der Waals surface area contributed by atoms with Crippen molar-refractivity contribution >= 4 is 26.6 Å². The maximum Gasteiger partial charge on any atom is 0.232 e. The number of sulfonamides is 1. The third-order valence-corrected chi connectivity index (χ3v) is 7.18. The molecule has 1 heterocycles. The van der Waals surface area contributed by atoms with Crippen molar-refractivity contribution in [2.75, 3.05) is 10.6 Å². The summed E-state index contributed by atoms with van der Waals surface area (Å²) in [6.45, 7) is 2.27. The minimum atomic E-state index is -3.64. The van der Waals surface area contributed by atoms with Gasteiger partial charge in [0, 0.05) is 16.5 Å². The Kier molecular flexibility index (Phi) is 6.10. The Labute approximate surface area is 206 Å². The molecule has 0 unspecified atom stereocenters. The Morgan fingerprint density at radius 3 is 1.97 bits per heavy atom. The second-order valence-electron chi connectivity index (χ2n) is 8.69. The van der Waals surface area contributed by atoms with Crippen molar-refractivity contribution in [3.05, 3.63) is 120 Å². The first kappa shape index (κ1) is 22.8. The molecule has 0 fully saturated rings. The quantitative estimate of drug-likeness (QED) is 0.268. The van der Waals surface area contributed by atoms with Gasteiger partial charge in [-0.15, -0.1) is 0 Å². The number of aromatic nitrogens is 1. The molecule has 4 aromatic carbocycles. The van der Waals surface area contributed by atoms with Crippen LogP contribution in [0.4, 0.5) is 5.69 Å². The van der Waals surface area contributed by atoms with E-state index in [9.17, 15) is 8.42 Å². The van der Waals surface area contributed by atoms with Crippen LogP contribution in [0.3, 0.4) is 0 Å². The molecule has 4 nitrogen and oxygen atoms in total. The standard InChI is InChI=1S/C30H26N2O2S/c1-22-17-19-25(20-18-22)29-28(24-13-7-4-8-14-24)30(26-15-9-10-16-27(26)31-29)32(35(2,33)34)21-23-11-5-3-6-12-23/h3-20H,21H2,1-2H3. The summed E-state index contributed by atoms with van der Waals surface area (Å²) in [5.41, 5.74) is 6.87. The lowest BCUT2D eigenvalue weighted by Crippen LogP contribution is -2.30. The largest absolute Gasteiger partial charge is 0.265 e. The molecule has 0 aliphatic heterocycles. The molecule has 0 spiro atoms. The summed E-state index contributed by atoms with van der Waals surface area (Å²) in [6, 6.07) is 35.5. The highest BCUT2D eigenvalue weighted by atomic mass is 32.2. The Morgan fingerprint density at radius 1 is 0.714 bits per heavy atom. The lowest BCUT2D eigenvalue weighted by molar-refractivity contribution is 0.596. The molecule has 5 heteroatoms. The first-order valence-corrected chi connectivity index (χ1v) is 13.3. The molecule has 1 aromatic heterocycles. The minimum absolute atomic E-state index is 0.223. The summed E-state index contributed by atoms with van der Waals surface area (Å²) >= 11 is 0. The van der Waals surface area contributed by atoms with Crippen molar-refractivity contribution in [2.24, 2.45) is 0 Å². The van der Waals surface area contributed by atoms with Crippen LogP contribution in [0.1, 0.15) is 11.1 Å². The van der Waals surface area contributed by atoms with Gasteiger partial charge in [-0.2, -0.15) is 0 Å². The molecular weight excluding hydrogens is 452 g/mol. The van der Waals surface area contributed by atoms with E-state index in [0.717, 1.165) is 44.4 Å². The van der Waals surface area contributed by atoms with Crippen LogP contribution in [0.5, 0.6) is 0 Å². The van der Waals surface area contributed by atoms with E-state index in [0.29, 0.717) is 5.69 Å². The fourth-order valence-electron chi connectivity index (χ4n) is 4.36. The van der Waals surface area contributed by atoms with Crippen LogP contribution in [0.25, 0.3) is 33.3 Å². The minimum Gasteiger partial charge on any atom is -0.265 e. The predicted molar refractivity (Wildman–Crippen MR) is 145 cm³/mol. The number of para-hydroxylation sites is 1. The van der Waals surface area contributed by atoms with Crippen molar-refractivity contribution in [3.8, 4) is 22.4 Å². The second kappa shape index (κ2) is 9.35. The third-order valence-electron chi connectivity index (χ3n) is 6.07. The fourth-order valence-corrected chi connectivity index (χ4v) is 5.27. The average molecular weight is 479 g/mol. The molecule has 0 bridgehead atoms.